The van der Waals surface area contributed by atoms with Crippen LogP contribution in [0, 0.1) is 11.3 Å². The molecule has 10 heteroatoms. The van der Waals surface area contributed by atoms with Gasteiger partial charge in [-0.25, -0.2) is 18.1 Å². The number of pyridine rings is 1. The molecule has 3 N–H and O–H groups in total. The van der Waals surface area contributed by atoms with Crippen LogP contribution in [0.15, 0.2) is 59.9 Å². The maximum atomic E-state index is 12.5. The Morgan fingerprint density at radius 2 is 1.83 bits per heavy atom. The number of nitrogens with one attached hydrogen (secondary N) is 3. The van der Waals surface area contributed by atoms with Crippen LogP contribution in [0.3, 0.4) is 0 Å². The first kappa shape index (κ1) is 21.2. The van der Waals surface area contributed by atoms with E-state index in [1.807, 2.05) is 25.1 Å². The first-order chi connectivity index (χ1) is 14.5. The second kappa shape index (κ2) is 9.78. The van der Waals surface area contributed by atoms with Gasteiger partial charge < -0.3 is 10.6 Å². The second-order valence-corrected chi connectivity index (χ2v) is 8.02. The molecular weight excluding hydrogens is 402 g/mol. The predicted octanol–water partition coefficient (Wildman–Crippen LogP) is 2.44. The summed E-state index contributed by atoms with van der Waals surface area (Å²) in [5, 5.41) is 15.1. The number of hydrogen-bond acceptors (Lipinski definition) is 8. The lowest BCUT2D eigenvalue weighted by atomic mass is 10.2. The summed E-state index contributed by atoms with van der Waals surface area (Å²) in [7, 11) is -3.61. The number of rotatable bonds is 9. The Morgan fingerprint density at radius 1 is 1.10 bits per heavy atom. The maximum Gasteiger partial charge on any atom is 0.240 e. The molecular formula is C20H21N7O2S. The average Bonchev–Trinajstić information content (AvgIpc) is 2.75. The minimum Gasteiger partial charge on any atom is -0.369 e. The zero-order chi connectivity index (χ0) is 21.4. The normalized spacial score (nSPS) is 10.9. The van der Waals surface area contributed by atoms with Crippen LogP contribution in [0.25, 0.3) is 0 Å². The van der Waals surface area contributed by atoms with Gasteiger partial charge in [-0.15, -0.1) is 0 Å². The van der Waals surface area contributed by atoms with Gasteiger partial charge in [0.2, 0.25) is 16.0 Å². The lowest BCUT2D eigenvalue weighted by Gasteiger charge is -2.10. The summed E-state index contributed by atoms with van der Waals surface area (Å²) in [4.78, 5) is 12.5. The Morgan fingerprint density at radius 3 is 2.50 bits per heavy atom. The van der Waals surface area contributed by atoms with Crippen LogP contribution in [-0.2, 0) is 16.4 Å². The summed E-state index contributed by atoms with van der Waals surface area (Å²) >= 11 is 0. The molecule has 0 unspecified atom stereocenters. The Labute approximate surface area is 175 Å². The van der Waals surface area contributed by atoms with Crippen LogP contribution in [0.2, 0.25) is 0 Å². The molecule has 0 bridgehead atoms. The molecule has 0 saturated heterocycles. The van der Waals surface area contributed by atoms with Crippen molar-refractivity contribution in [1.29, 1.82) is 5.26 Å². The summed E-state index contributed by atoms with van der Waals surface area (Å²) < 4.78 is 27.5. The molecule has 0 aliphatic carbocycles. The van der Waals surface area contributed by atoms with Gasteiger partial charge in [-0.05, 0) is 55.3 Å². The van der Waals surface area contributed by atoms with Crippen molar-refractivity contribution < 1.29 is 8.42 Å². The van der Waals surface area contributed by atoms with Crippen molar-refractivity contribution >= 4 is 27.5 Å². The summed E-state index contributed by atoms with van der Waals surface area (Å²) in [6, 6.07) is 12.0. The molecule has 154 valence electrons. The van der Waals surface area contributed by atoms with Crippen molar-refractivity contribution in [3.05, 3.63) is 66.1 Å². The van der Waals surface area contributed by atoms with Gasteiger partial charge in [-0.1, -0.05) is 0 Å². The molecule has 3 aromatic rings. The van der Waals surface area contributed by atoms with Crippen molar-refractivity contribution in [1.82, 2.24) is 19.7 Å². The summed E-state index contributed by atoms with van der Waals surface area (Å²) in [5.74, 6) is 0.742. The van der Waals surface area contributed by atoms with Crippen molar-refractivity contribution in [2.75, 3.05) is 23.7 Å². The van der Waals surface area contributed by atoms with E-state index in [1.54, 1.807) is 24.5 Å². The fraction of sp³-hybridized carbons (Fsp3) is 0.200. The molecule has 2 heterocycles. The molecule has 0 radical (unpaired) electrons. The number of nitriles is 1. The highest BCUT2D eigenvalue weighted by atomic mass is 32.2. The molecule has 0 aliphatic heterocycles. The van der Waals surface area contributed by atoms with Crippen molar-refractivity contribution in [3.8, 4) is 6.07 Å². The Balaban J connectivity index is 1.64. The average molecular weight is 424 g/mol. The highest BCUT2D eigenvalue weighted by Gasteiger charge is 2.13. The summed E-state index contributed by atoms with van der Waals surface area (Å²) in [5.41, 5.74) is 1.98. The van der Waals surface area contributed by atoms with E-state index in [4.69, 9.17) is 5.26 Å². The van der Waals surface area contributed by atoms with Gasteiger partial charge >= 0.3 is 0 Å². The first-order valence-corrected chi connectivity index (χ1v) is 10.8. The first-order valence-electron chi connectivity index (χ1n) is 9.28. The number of aromatic nitrogens is 3. The van der Waals surface area contributed by atoms with E-state index in [9.17, 15) is 8.42 Å². The fourth-order valence-corrected chi connectivity index (χ4v) is 3.67. The second-order valence-electron chi connectivity index (χ2n) is 6.25. The Kier molecular flexibility index (Phi) is 6.90. The van der Waals surface area contributed by atoms with Crippen LogP contribution in [0.4, 0.5) is 17.5 Å². The van der Waals surface area contributed by atoms with E-state index in [-0.39, 0.29) is 4.90 Å². The number of hydrogen-bond donors (Lipinski definition) is 3. The molecule has 0 amide bonds. The number of nitrogens with zero attached hydrogens (tertiary/aromatic N) is 4. The van der Waals surface area contributed by atoms with Crippen molar-refractivity contribution in [2.24, 2.45) is 0 Å². The molecule has 0 fully saturated rings. The van der Waals surface area contributed by atoms with Crippen LogP contribution >= 0.6 is 0 Å². The van der Waals surface area contributed by atoms with Gasteiger partial charge in [0.05, 0.1) is 11.1 Å². The van der Waals surface area contributed by atoms with Gasteiger partial charge in [0.15, 0.2) is 0 Å². The molecule has 0 saturated carbocycles. The molecule has 2 aromatic heterocycles. The van der Waals surface area contributed by atoms with E-state index in [0.29, 0.717) is 42.5 Å². The minimum absolute atomic E-state index is 0.164. The van der Waals surface area contributed by atoms with Gasteiger partial charge in [0.25, 0.3) is 0 Å². The Bertz CT molecular complexity index is 1130. The SMILES string of the molecule is CCNc1nc(Nc2ccc(S(=O)(=O)NCCc3ccncc3)cc2)ncc1C#N. The zero-order valence-corrected chi connectivity index (χ0v) is 17.1. The van der Waals surface area contributed by atoms with Gasteiger partial charge in [-0.2, -0.15) is 10.2 Å². The number of benzene rings is 1. The third-order valence-electron chi connectivity index (χ3n) is 4.13. The summed E-state index contributed by atoms with van der Waals surface area (Å²) in [6.07, 6.45) is 5.35. The van der Waals surface area contributed by atoms with Crippen LogP contribution < -0.4 is 15.4 Å². The smallest absolute Gasteiger partial charge is 0.240 e. The van der Waals surface area contributed by atoms with Crippen LogP contribution in [0.5, 0.6) is 0 Å². The molecule has 9 nitrogen and oxygen atoms in total. The lowest BCUT2D eigenvalue weighted by molar-refractivity contribution is 0.581. The highest BCUT2D eigenvalue weighted by Crippen LogP contribution is 2.19. The van der Waals surface area contributed by atoms with E-state index in [2.05, 4.69) is 30.3 Å². The Hall–Kier alpha value is -3.55. The summed E-state index contributed by atoms with van der Waals surface area (Å²) in [6.45, 7) is 2.81. The topological polar surface area (TPSA) is 133 Å². The van der Waals surface area contributed by atoms with E-state index in [1.165, 1.54) is 18.3 Å². The minimum atomic E-state index is -3.61. The van der Waals surface area contributed by atoms with Gasteiger partial charge in [0, 0.05) is 31.2 Å². The third kappa shape index (κ3) is 5.50. The standard InChI is InChI=1S/C20H21N7O2S/c1-2-23-19-16(13-21)14-24-20(27-19)26-17-3-5-18(6-4-17)30(28,29)25-12-9-15-7-10-22-11-8-15/h3-8,10-11,14,25H,2,9,12H2,1H3,(H2,23,24,26,27). The molecule has 0 spiro atoms. The monoisotopic (exact) mass is 423 g/mol. The number of sulfonamides is 1. The zero-order valence-electron chi connectivity index (χ0n) is 16.3. The molecule has 30 heavy (non-hydrogen) atoms. The van der Waals surface area contributed by atoms with Crippen molar-refractivity contribution in [3.63, 3.8) is 0 Å². The highest BCUT2D eigenvalue weighted by molar-refractivity contribution is 7.89. The fourth-order valence-electron chi connectivity index (χ4n) is 2.64. The quantitative estimate of drug-likeness (QED) is 0.478. The largest absolute Gasteiger partial charge is 0.369 e. The van der Waals surface area contributed by atoms with E-state index < -0.39 is 10.0 Å². The predicted molar refractivity (Wildman–Crippen MR) is 114 cm³/mol. The van der Waals surface area contributed by atoms with E-state index in [0.717, 1.165) is 5.56 Å². The van der Waals surface area contributed by atoms with Crippen LogP contribution in [-0.4, -0.2) is 36.5 Å². The third-order valence-corrected chi connectivity index (χ3v) is 5.61. The van der Waals surface area contributed by atoms with Gasteiger partial charge in [-0.3, -0.25) is 4.98 Å². The van der Waals surface area contributed by atoms with Crippen LogP contribution in [0.1, 0.15) is 18.1 Å². The van der Waals surface area contributed by atoms with Gasteiger partial charge in [0.1, 0.15) is 17.5 Å². The molecule has 3 rings (SSSR count). The maximum absolute atomic E-state index is 12.5. The van der Waals surface area contributed by atoms with E-state index >= 15 is 0 Å². The number of anilines is 3. The molecule has 1 aromatic carbocycles. The molecule has 0 aliphatic rings. The molecule has 0 atom stereocenters. The lowest BCUT2D eigenvalue weighted by Crippen LogP contribution is -2.26. The van der Waals surface area contributed by atoms with Crippen molar-refractivity contribution in [2.45, 2.75) is 18.2 Å².